The maximum atomic E-state index is 12.7. The molecule has 3 nitrogen and oxygen atoms in total. The summed E-state index contributed by atoms with van der Waals surface area (Å²) in [4.78, 5) is 4.11. The minimum atomic E-state index is -4.04. The van der Waals surface area contributed by atoms with Crippen LogP contribution in [-0.4, -0.2) is 32.3 Å². The van der Waals surface area contributed by atoms with Crippen molar-refractivity contribution in [3.05, 3.63) is 0 Å². The van der Waals surface area contributed by atoms with E-state index in [0.717, 1.165) is 18.9 Å². The number of halogens is 3. The largest absolute Gasteiger partial charge is 0.391 e. The highest BCUT2D eigenvalue weighted by molar-refractivity contribution is 5.79. The molecule has 20 heavy (non-hydrogen) atoms. The lowest BCUT2D eigenvalue weighted by atomic mass is 9.81. The van der Waals surface area contributed by atoms with Crippen molar-refractivity contribution in [1.82, 2.24) is 10.6 Å². The molecule has 2 saturated carbocycles. The van der Waals surface area contributed by atoms with Gasteiger partial charge in [0.15, 0.2) is 5.96 Å². The van der Waals surface area contributed by atoms with Gasteiger partial charge in [0.2, 0.25) is 0 Å². The van der Waals surface area contributed by atoms with Gasteiger partial charge in [-0.25, -0.2) is 0 Å². The van der Waals surface area contributed by atoms with Crippen LogP contribution < -0.4 is 10.6 Å². The Kier molecular flexibility index (Phi) is 5.16. The highest BCUT2D eigenvalue weighted by Gasteiger charge is 2.42. The Hall–Kier alpha value is -0.940. The Bertz CT molecular complexity index is 337. The molecule has 0 aromatic carbocycles. The Labute approximate surface area is 118 Å². The molecule has 2 atom stereocenters. The fourth-order valence-corrected chi connectivity index (χ4v) is 2.80. The van der Waals surface area contributed by atoms with Crippen LogP contribution in [0.2, 0.25) is 0 Å². The van der Waals surface area contributed by atoms with Crippen molar-refractivity contribution >= 4 is 5.96 Å². The van der Waals surface area contributed by atoms with Gasteiger partial charge in [0, 0.05) is 20.1 Å². The molecule has 0 aliphatic heterocycles. The quantitative estimate of drug-likeness (QED) is 0.617. The van der Waals surface area contributed by atoms with Crippen LogP contribution in [0.25, 0.3) is 0 Å². The number of guanidine groups is 1. The average Bonchev–Trinajstić information content (AvgIpc) is 3.22. The Morgan fingerprint density at radius 3 is 2.25 bits per heavy atom. The van der Waals surface area contributed by atoms with E-state index in [-0.39, 0.29) is 18.8 Å². The lowest BCUT2D eigenvalue weighted by molar-refractivity contribution is -0.185. The third-order valence-corrected chi connectivity index (χ3v) is 4.28. The summed E-state index contributed by atoms with van der Waals surface area (Å²) in [6, 6.07) is 0. The van der Waals surface area contributed by atoms with Crippen LogP contribution in [-0.2, 0) is 0 Å². The second-order valence-corrected chi connectivity index (χ2v) is 6.05. The minimum absolute atomic E-state index is 0.0925. The molecule has 0 saturated heterocycles. The van der Waals surface area contributed by atoms with Gasteiger partial charge in [-0.3, -0.25) is 4.99 Å². The van der Waals surface area contributed by atoms with E-state index in [4.69, 9.17) is 0 Å². The van der Waals surface area contributed by atoms with Crippen LogP contribution in [0.5, 0.6) is 0 Å². The molecule has 2 rings (SSSR count). The Balaban J connectivity index is 1.71. The van der Waals surface area contributed by atoms with E-state index in [9.17, 15) is 13.2 Å². The summed E-state index contributed by atoms with van der Waals surface area (Å²) >= 11 is 0. The van der Waals surface area contributed by atoms with Gasteiger partial charge in [0.1, 0.15) is 0 Å². The van der Waals surface area contributed by atoms with Crippen molar-refractivity contribution in [2.24, 2.45) is 22.7 Å². The second-order valence-electron chi connectivity index (χ2n) is 6.05. The molecule has 0 spiro atoms. The zero-order valence-corrected chi connectivity index (χ0v) is 12.0. The van der Waals surface area contributed by atoms with Crippen LogP contribution >= 0.6 is 0 Å². The Morgan fingerprint density at radius 2 is 1.70 bits per heavy atom. The van der Waals surface area contributed by atoms with E-state index < -0.39 is 12.1 Å². The van der Waals surface area contributed by atoms with Crippen molar-refractivity contribution in [3.8, 4) is 0 Å². The lowest BCUT2D eigenvalue weighted by Gasteiger charge is -2.30. The highest BCUT2D eigenvalue weighted by Crippen LogP contribution is 2.39. The smallest absolute Gasteiger partial charge is 0.356 e. The monoisotopic (exact) mass is 291 g/mol. The van der Waals surface area contributed by atoms with Gasteiger partial charge in [0.25, 0.3) is 0 Å². The summed E-state index contributed by atoms with van der Waals surface area (Å²) in [5.74, 6) is 0.434. The molecule has 2 fully saturated rings. The predicted octanol–water partition coefficient (Wildman–Crippen LogP) is 2.93. The normalized spacial score (nSPS) is 28.3. The van der Waals surface area contributed by atoms with Crippen molar-refractivity contribution in [1.29, 1.82) is 0 Å². The van der Waals surface area contributed by atoms with Gasteiger partial charge < -0.3 is 10.6 Å². The van der Waals surface area contributed by atoms with Crippen molar-refractivity contribution in [3.63, 3.8) is 0 Å². The number of alkyl halides is 3. The molecule has 2 aliphatic rings. The fourth-order valence-electron chi connectivity index (χ4n) is 2.80. The molecular formula is C14H24F3N3. The molecule has 0 aromatic heterocycles. The first-order valence-electron chi connectivity index (χ1n) is 7.50. The van der Waals surface area contributed by atoms with Crippen LogP contribution in [0.4, 0.5) is 13.2 Å². The van der Waals surface area contributed by atoms with Gasteiger partial charge in [-0.05, 0) is 43.9 Å². The van der Waals surface area contributed by atoms with Gasteiger partial charge in [-0.1, -0.05) is 6.42 Å². The summed E-state index contributed by atoms with van der Waals surface area (Å²) in [6.45, 7) is 1.49. The van der Waals surface area contributed by atoms with Gasteiger partial charge in [-0.15, -0.1) is 0 Å². The van der Waals surface area contributed by atoms with Crippen molar-refractivity contribution in [2.45, 2.75) is 44.7 Å². The molecule has 0 bridgehead atoms. The molecule has 2 unspecified atom stereocenters. The van der Waals surface area contributed by atoms with E-state index in [1.165, 1.54) is 12.8 Å². The van der Waals surface area contributed by atoms with E-state index in [1.54, 1.807) is 7.05 Å². The van der Waals surface area contributed by atoms with Crippen LogP contribution in [0.3, 0.4) is 0 Å². The van der Waals surface area contributed by atoms with E-state index >= 15 is 0 Å². The van der Waals surface area contributed by atoms with E-state index in [2.05, 4.69) is 15.6 Å². The summed E-state index contributed by atoms with van der Waals surface area (Å²) < 4.78 is 38.2. The summed E-state index contributed by atoms with van der Waals surface area (Å²) in [5.41, 5.74) is 0. The first-order valence-corrected chi connectivity index (χ1v) is 7.50. The van der Waals surface area contributed by atoms with Crippen LogP contribution in [0.15, 0.2) is 4.99 Å². The highest BCUT2D eigenvalue weighted by atomic mass is 19.4. The molecule has 2 N–H and O–H groups in total. The number of nitrogens with zero attached hydrogens (tertiary/aromatic N) is 1. The van der Waals surface area contributed by atoms with Gasteiger partial charge in [0.05, 0.1) is 5.92 Å². The summed E-state index contributed by atoms with van der Waals surface area (Å²) in [6.07, 6.45) is 0.568. The number of nitrogens with one attached hydrogen (secondary N) is 2. The molecule has 0 amide bonds. The standard InChI is InChI=1S/C14H24F3N3/c1-18-13(19-8-10-5-6-10)20-9-11-3-2-4-12(7-11)14(15,16)17/h10-12H,2-9H2,1H3,(H2,18,19,20). The third-order valence-electron chi connectivity index (χ3n) is 4.28. The molecule has 2 aliphatic carbocycles. The van der Waals surface area contributed by atoms with E-state index in [0.29, 0.717) is 18.9 Å². The Morgan fingerprint density at radius 1 is 1.05 bits per heavy atom. The number of hydrogen-bond acceptors (Lipinski definition) is 1. The number of hydrogen-bond donors (Lipinski definition) is 2. The second kappa shape index (κ2) is 6.68. The lowest BCUT2D eigenvalue weighted by Crippen LogP contribution is -2.42. The van der Waals surface area contributed by atoms with Crippen molar-refractivity contribution in [2.75, 3.05) is 20.1 Å². The van der Waals surface area contributed by atoms with Crippen molar-refractivity contribution < 1.29 is 13.2 Å². The zero-order chi connectivity index (χ0) is 14.6. The van der Waals surface area contributed by atoms with Crippen LogP contribution in [0, 0.1) is 17.8 Å². The fraction of sp³-hybridized carbons (Fsp3) is 0.929. The molecular weight excluding hydrogens is 267 g/mol. The maximum Gasteiger partial charge on any atom is 0.391 e. The van der Waals surface area contributed by atoms with Crippen LogP contribution in [0.1, 0.15) is 38.5 Å². The zero-order valence-electron chi connectivity index (χ0n) is 12.0. The molecule has 0 radical (unpaired) electrons. The average molecular weight is 291 g/mol. The maximum absolute atomic E-state index is 12.7. The van der Waals surface area contributed by atoms with Gasteiger partial charge >= 0.3 is 6.18 Å². The SMILES string of the molecule is CN=C(NCC1CC1)NCC1CCCC(C(F)(F)F)C1. The number of rotatable bonds is 4. The summed E-state index contributed by atoms with van der Waals surface area (Å²) in [5, 5.41) is 6.39. The molecule has 0 heterocycles. The van der Waals surface area contributed by atoms with E-state index in [1.807, 2.05) is 0 Å². The number of aliphatic imine (C=N–C) groups is 1. The first-order chi connectivity index (χ1) is 9.49. The molecule has 116 valence electrons. The predicted molar refractivity (Wildman–Crippen MR) is 73.6 cm³/mol. The third kappa shape index (κ3) is 4.87. The topological polar surface area (TPSA) is 36.4 Å². The van der Waals surface area contributed by atoms with Gasteiger partial charge in [-0.2, -0.15) is 13.2 Å². The summed E-state index contributed by atoms with van der Waals surface area (Å²) in [7, 11) is 1.70. The molecule has 0 aromatic rings. The minimum Gasteiger partial charge on any atom is -0.356 e. The molecule has 6 heteroatoms. The first kappa shape index (κ1) is 15.4.